The maximum atomic E-state index is 9.98. The number of benzene rings is 1. The normalized spacial score (nSPS) is 11.6. The monoisotopic (exact) mass is 309 g/mol. The van der Waals surface area contributed by atoms with Crippen LogP contribution in [0.2, 0.25) is 0 Å². The molecule has 0 bridgehead atoms. The second kappa shape index (κ2) is 9.88. The molecule has 0 aromatic heterocycles. The second-order valence-corrected chi connectivity index (χ2v) is 5.32. The summed E-state index contributed by atoms with van der Waals surface area (Å²) >= 11 is 1.65. The van der Waals surface area contributed by atoms with Crippen molar-refractivity contribution in [3.63, 3.8) is 0 Å². The summed E-state index contributed by atoms with van der Waals surface area (Å²) in [7, 11) is 0. The van der Waals surface area contributed by atoms with E-state index in [1.54, 1.807) is 11.9 Å². The van der Waals surface area contributed by atoms with Crippen LogP contribution in [0.3, 0.4) is 0 Å². The molecule has 1 heterocycles. The molecule has 6 heteroatoms. The minimum Gasteiger partial charge on any atom is -0.481 e. The van der Waals surface area contributed by atoms with Gasteiger partial charge in [0.05, 0.1) is 0 Å². The van der Waals surface area contributed by atoms with Crippen LogP contribution >= 0.6 is 11.9 Å². The van der Waals surface area contributed by atoms with E-state index in [1.807, 2.05) is 12.3 Å². The number of carboxylic acids is 2. The van der Waals surface area contributed by atoms with Crippen LogP contribution in [0.4, 0.5) is 0 Å². The van der Waals surface area contributed by atoms with Gasteiger partial charge in [-0.3, -0.25) is 9.59 Å². The Morgan fingerprint density at radius 1 is 1.00 bits per heavy atom. The number of fused-ring (bicyclic) bond motifs is 1. The van der Waals surface area contributed by atoms with E-state index in [4.69, 9.17) is 10.2 Å². The molecule has 1 aliphatic rings. The number of rotatable bonds is 6. The maximum absolute atomic E-state index is 9.98. The molecule has 0 amide bonds. The van der Waals surface area contributed by atoms with Crippen LogP contribution in [-0.2, 0) is 9.59 Å². The summed E-state index contributed by atoms with van der Waals surface area (Å²) in [6, 6.07) is 8.32. The average molecular weight is 309 g/mol. The van der Waals surface area contributed by atoms with Crippen molar-refractivity contribution in [3.05, 3.63) is 36.0 Å². The van der Waals surface area contributed by atoms with E-state index >= 15 is 0 Å². The summed E-state index contributed by atoms with van der Waals surface area (Å²) in [5, 5.41) is 16.4. The Morgan fingerprint density at radius 3 is 2.19 bits per heavy atom. The molecule has 3 N–H and O–H groups in total. The zero-order valence-electron chi connectivity index (χ0n) is 11.6. The minimum atomic E-state index is -0.819. The van der Waals surface area contributed by atoms with Gasteiger partial charge in [-0.1, -0.05) is 24.6 Å². The Kier molecular flexibility index (Phi) is 8.04. The molecule has 0 fully saturated rings. The molecule has 0 spiro atoms. The lowest BCUT2D eigenvalue weighted by Crippen LogP contribution is -1.96. The molecule has 0 unspecified atom stereocenters. The minimum absolute atomic E-state index is 0.139. The molecule has 0 saturated carbocycles. The van der Waals surface area contributed by atoms with Crippen LogP contribution in [0.1, 0.15) is 37.7 Å². The smallest absolute Gasteiger partial charge is 0.303 e. The summed E-state index contributed by atoms with van der Waals surface area (Å²) in [4.78, 5) is 21.3. The quantitative estimate of drug-likeness (QED) is 0.551. The highest BCUT2D eigenvalue weighted by atomic mass is 32.2. The van der Waals surface area contributed by atoms with E-state index < -0.39 is 11.9 Å². The van der Waals surface area contributed by atoms with Gasteiger partial charge in [0.2, 0.25) is 0 Å². The molecule has 5 nitrogen and oxygen atoms in total. The summed E-state index contributed by atoms with van der Waals surface area (Å²) in [6.45, 7) is 0. The standard InChI is InChI=1S/C8H7NS.C7H12O4/c1-2-4-8-7(3-1)5-6-9-10-8;8-6(9)4-2-1-3-5-7(10)11/h1-6,9H;1-5H2,(H,8,9)(H,10,11). The molecule has 1 aliphatic heterocycles. The fraction of sp³-hybridized carbons (Fsp3) is 0.333. The number of hydrogen-bond acceptors (Lipinski definition) is 4. The van der Waals surface area contributed by atoms with Gasteiger partial charge in [-0.15, -0.1) is 0 Å². The second-order valence-electron chi connectivity index (χ2n) is 4.44. The third kappa shape index (κ3) is 8.04. The molecule has 1 aromatic carbocycles. The van der Waals surface area contributed by atoms with Crippen LogP contribution in [0.5, 0.6) is 0 Å². The Balaban J connectivity index is 0.000000210. The third-order valence-electron chi connectivity index (χ3n) is 2.70. The molecule has 0 aliphatic carbocycles. The number of hydrogen-bond donors (Lipinski definition) is 3. The molecular weight excluding hydrogens is 290 g/mol. The van der Waals surface area contributed by atoms with Crippen molar-refractivity contribution in [2.45, 2.75) is 37.0 Å². The molecule has 0 radical (unpaired) electrons. The number of carboxylic acid groups (broad SMARTS) is 2. The van der Waals surface area contributed by atoms with Gasteiger partial charge >= 0.3 is 11.9 Å². The molecule has 114 valence electrons. The van der Waals surface area contributed by atoms with Crippen LogP contribution < -0.4 is 4.72 Å². The van der Waals surface area contributed by atoms with Crippen molar-refractivity contribution in [2.75, 3.05) is 0 Å². The van der Waals surface area contributed by atoms with E-state index in [9.17, 15) is 9.59 Å². The SMILES string of the molecule is C1=Cc2ccccc2SN1.O=C(O)CCCCCC(=O)O. The lowest BCUT2D eigenvalue weighted by Gasteiger charge is -2.08. The van der Waals surface area contributed by atoms with Gasteiger partial charge in [-0.2, -0.15) is 0 Å². The van der Waals surface area contributed by atoms with Crippen molar-refractivity contribution in [2.24, 2.45) is 0 Å². The highest BCUT2D eigenvalue weighted by molar-refractivity contribution is 7.97. The summed E-state index contributed by atoms with van der Waals surface area (Å²) in [5.41, 5.74) is 1.30. The first-order valence-corrected chi connectivity index (χ1v) is 7.53. The summed E-state index contributed by atoms with van der Waals surface area (Å²) in [6.07, 6.45) is 6.13. The molecule has 0 atom stereocenters. The average Bonchev–Trinajstić information content (AvgIpc) is 2.47. The van der Waals surface area contributed by atoms with Gasteiger partial charge in [-0.05, 0) is 42.5 Å². The predicted molar refractivity (Wildman–Crippen MR) is 82.8 cm³/mol. The zero-order chi connectivity index (χ0) is 15.5. The summed E-state index contributed by atoms with van der Waals surface area (Å²) < 4.78 is 3.08. The fourth-order valence-electron chi connectivity index (χ4n) is 1.66. The first-order chi connectivity index (χ1) is 10.1. The molecule has 2 rings (SSSR count). The zero-order valence-corrected chi connectivity index (χ0v) is 12.4. The van der Waals surface area contributed by atoms with E-state index in [0.717, 1.165) is 0 Å². The first-order valence-electron chi connectivity index (χ1n) is 6.71. The lowest BCUT2D eigenvalue weighted by atomic mass is 10.1. The van der Waals surface area contributed by atoms with Crippen LogP contribution in [-0.4, -0.2) is 22.2 Å². The van der Waals surface area contributed by atoms with Crippen molar-refractivity contribution in [1.29, 1.82) is 0 Å². The van der Waals surface area contributed by atoms with E-state index in [0.29, 0.717) is 19.3 Å². The van der Waals surface area contributed by atoms with Gasteiger partial charge in [0.25, 0.3) is 0 Å². The van der Waals surface area contributed by atoms with E-state index in [2.05, 4.69) is 29.0 Å². The Labute approximate surface area is 128 Å². The highest BCUT2D eigenvalue weighted by Crippen LogP contribution is 2.23. The number of aliphatic carboxylic acids is 2. The Hall–Kier alpha value is -1.95. The topological polar surface area (TPSA) is 86.6 Å². The Morgan fingerprint density at radius 2 is 1.62 bits per heavy atom. The number of carbonyl (C=O) groups is 2. The van der Waals surface area contributed by atoms with Crippen molar-refractivity contribution in [3.8, 4) is 0 Å². The Bertz CT molecular complexity index is 486. The van der Waals surface area contributed by atoms with Crippen molar-refractivity contribution >= 4 is 30.0 Å². The third-order valence-corrected chi connectivity index (χ3v) is 3.55. The van der Waals surface area contributed by atoms with Gasteiger partial charge < -0.3 is 14.9 Å². The van der Waals surface area contributed by atoms with Gasteiger partial charge in [0.15, 0.2) is 0 Å². The molecule has 21 heavy (non-hydrogen) atoms. The molecule has 1 aromatic rings. The lowest BCUT2D eigenvalue weighted by molar-refractivity contribution is -0.137. The fourth-order valence-corrected chi connectivity index (χ4v) is 2.33. The maximum Gasteiger partial charge on any atom is 0.303 e. The largest absolute Gasteiger partial charge is 0.481 e. The molecular formula is C15H19NO4S. The van der Waals surface area contributed by atoms with E-state index in [-0.39, 0.29) is 12.8 Å². The first kappa shape index (κ1) is 17.1. The van der Waals surface area contributed by atoms with E-state index in [1.165, 1.54) is 10.5 Å². The number of nitrogens with one attached hydrogen (secondary N) is 1. The van der Waals surface area contributed by atoms with Gasteiger partial charge in [0, 0.05) is 23.9 Å². The predicted octanol–water partition coefficient (Wildman–Crippen LogP) is 3.37. The van der Waals surface area contributed by atoms with Crippen LogP contribution in [0.25, 0.3) is 6.08 Å². The number of unbranched alkanes of at least 4 members (excludes halogenated alkanes) is 2. The van der Waals surface area contributed by atoms with Gasteiger partial charge in [-0.25, -0.2) is 0 Å². The molecule has 0 saturated heterocycles. The summed E-state index contributed by atoms with van der Waals surface area (Å²) in [5.74, 6) is -1.64. The highest BCUT2D eigenvalue weighted by Gasteiger charge is 2.01. The van der Waals surface area contributed by atoms with Crippen molar-refractivity contribution in [1.82, 2.24) is 4.72 Å². The van der Waals surface area contributed by atoms with Crippen LogP contribution in [0.15, 0.2) is 35.4 Å². The van der Waals surface area contributed by atoms with Gasteiger partial charge in [0.1, 0.15) is 0 Å². The van der Waals surface area contributed by atoms with Crippen molar-refractivity contribution < 1.29 is 19.8 Å². The van der Waals surface area contributed by atoms with Crippen LogP contribution in [0, 0.1) is 0 Å².